The van der Waals surface area contributed by atoms with Crippen molar-refractivity contribution in [2.24, 2.45) is 0 Å². The first-order chi connectivity index (χ1) is 8.77. The maximum atomic E-state index is 5.44. The lowest BCUT2D eigenvalue weighted by Gasteiger charge is -2.06. The van der Waals surface area contributed by atoms with E-state index in [2.05, 4.69) is 36.4 Å². The number of alkyl halides is 1. The van der Waals surface area contributed by atoms with Crippen molar-refractivity contribution < 1.29 is 9.47 Å². The van der Waals surface area contributed by atoms with Crippen molar-refractivity contribution in [2.45, 2.75) is 75.6 Å². The zero-order valence-electron chi connectivity index (χ0n) is 12.3. The molecule has 0 amide bonds. The standard InChI is InChI=1S/C15H31IO2/c1-3-4-5-6-7-8-9-12-17-14-18-13-10-11-15(2)16/h15H,3-14H2,1-2H3. The fourth-order valence-corrected chi connectivity index (χ4v) is 2.25. The minimum Gasteiger partial charge on any atom is -0.355 e. The third-order valence-electron chi connectivity index (χ3n) is 2.95. The summed E-state index contributed by atoms with van der Waals surface area (Å²) in [6, 6.07) is 0. The first kappa shape index (κ1) is 18.7. The van der Waals surface area contributed by atoms with Gasteiger partial charge in [0.05, 0.1) is 0 Å². The van der Waals surface area contributed by atoms with Gasteiger partial charge in [0.2, 0.25) is 0 Å². The Balaban J connectivity index is 2.90. The summed E-state index contributed by atoms with van der Waals surface area (Å²) in [5, 5.41) is 0. The lowest BCUT2D eigenvalue weighted by atomic mass is 10.1. The van der Waals surface area contributed by atoms with Gasteiger partial charge in [0.25, 0.3) is 0 Å². The molecule has 1 atom stereocenters. The minimum absolute atomic E-state index is 0.478. The summed E-state index contributed by atoms with van der Waals surface area (Å²) in [7, 11) is 0. The second kappa shape index (κ2) is 15.7. The van der Waals surface area contributed by atoms with Gasteiger partial charge in [-0.2, -0.15) is 0 Å². The Morgan fingerprint density at radius 2 is 1.39 bits per heavy atom. The fourth-order valence-electron chi connectivity index (χ4n) is 1.80. The molecule has 0 aromatic carbocycles. The van der Waals surface area contributed by atoms with E-state index in [0.29, 0.717) is 6.79 Å². The van der Waals surface area contributed by atoms with Crippen molar-refractivity contribution >= 4 is 22.6 Å². The molecule has 110 valence electrons. The van der Waals surface area contributed by atoms with E-state index in [1.54, 1.807) is 0 Å². The van der Waals surface area contributed by atoms with Crippen LogP contribution in [0.5, 0.6) is 0 Å². The quantitative estimate of drug-likeness (QED) is 0.178. The normalized spacial score (nSPS) is 12.8. The predicted molar refractivity (Wildman–Crippen MR) is 87.5 cm³/mol. The van der Waals surface area contributed by atoms with Gasteiger partial charge in [-0.05, 0) is 19.3 Å². The van der Waals surface area contributed by atoms with E-state index < -0.39 is 0 Å². The molecule has 0 rings (SSSR count). The molecule has 0 fully saturated rings. The van der Waals surface area contributed by atoms with Crippen LogP contribution >= 0.6 is 22.6 Å². The van der Waals surface area contributed by atoms with Crippen LogP contribution in [0.3, 0.4) is 0 Å². The van der Waals surface area contributed by atoms with Crippen LogP contribution in [0, 0.1) is 0 Å². The molecule has 0 aromatic rings. The molecular formula is C15H31IO2. The maximum absolute atomic E-state index is 5.44. The summed E-state index contributed by atoms with van der Waals surface area (Å²) in [5.74, 6) is 0. The SMILES string of the molecule is CCCCCCCCCOCOCCCC(C)I. The van der Waals surface area contributed by atoms with Crippen LogP contribution in [0.1, 0.15) is 71.6 Å². The molecular weight excluding hydrogens is 339 g/mol. The average Bonchev–Trinajstić information content (AvgIpc) is 2.34. The number of halogens is 1. The summed E-state index contributed by atoms with van der Waals surface area (Å²) in [6.45, 7) is 6.67. The largest absolute Gasteiger partial charge is 0.355 e. The van der Waals surface area contributed by atoms with Crippen LogP contribution in [0.15, 0.2) is 0 Å². The number of ether oxygens (including phenoxy) is 2. The van der Waals surface area contributed by atoms with Gasteiger partial charge in [-0.25, -0.2) is 0 Å². The molecule has 0 saturated carbocycles. The van der Waals surface area contributed by atoms with E-state index in [9.17, 15) is 0 Å². The molecule has 0 radical (unpaired) electrons. The maximum Gasteiger partial charge on any atom is 0.146 e. The molecule has 3 heteroatoms. The summed E-state index contributed by atoms with van der Waals surface area (Å²) in [6.07, 6.45) is 11.7. The Kier molecular flexibility index (Phi) is 16.3. The van der Waals surface area contributed by atoms with Crippen LogP contribution in [0.4, 0.5) is 0 Å². The molecule has 18 heavy (non-hydrogen) atoms. The van der Waals surface area contributed by atoms with Crippen molar-refractivity contribution in [1.29, 1.82) is 0 Å². The van der Waals surface area contributed by atoms with E-state index in [4.69, 9.17) is 9.47 Å². The zero-order chi connectivity index (χ0) is 13.5. The van der Waals surface area contributed by atoms with Crippen molar-refractivity contribution in [3.8, 4) is 0 Å². The van der Waals surface area contributed by atoms with E-state index in [1.165, 1.54) is 51.4 Å². The van der Waals surface area contributed by atoms with Gasteiger partial charge in [0.15, 0.2) is 0 Å². The number of hydrogen-bond donors (Lipinski definition) is 0. The third-order valence-corrected chi connectivity index (χ3v) is 3.57. The van der Waals surface area contributed by atoms with Gasteiger partial charge in [0.1, 0.15) is 6.79 Å². The zero-order valence-corrected chi connectivity index (χ0v) is 14.4. The van der Waals surface area contributed by atoms with Gasteiger partial charge in [-0.15, -0.1) is 0 Å². The van der Waals surface area contributed by atoms with Gasteiger partial charge in [-0.3, -0.25) is 0 Å². The molecule has 1 unspecified atom stereocenters. The highest BCUT2D eigenvalue weighted by Crippen LogP contribution is 2.07. The van der Waals surface area contributed by atoms with E-state index in [-0.39, 0.29) is 0 Å². The summed E-state index contributed by atoms with van der Waals surface area (Å²) in [4.78, 5) is 0. The van der Waals surface area contributed by atoms with Gasteiger partial charge < -0.3 is 9.47 Å². The van der Waals surface area contributed by atoms with Gasteiger partial charge in [-0.1, -0.05) is 75.0 Å². The second-order valence-electron chi connectivity index (χ2n) is 4.98. The van der Waals surface area contributed by atoms with Gasteiger partial charge >= 0.3 is 0 Å². The molecule has 0 heterocycles. The fraction of sp³-hybridized carbons (Fsp3) is 1.00. The Bertz CT molecular complexity index is 151. The molecule has 0 spiro atoms. The Morgan fingerprint density at radius 3 is 2.00 bits per heavy atom. The van der Waals surface area contributed by atoms with Crippen LogP contribution < -0.4 is 0 Å². The third kappa shape index (κ3) is 16.6. The summed E-state index contributed by atoms with van der Waals surface area (Å²) >= 11 is 2.45. The predicted octanol–water partition coefficient (Wildman–Crippen LogP) is 5.33. The highest BCUT2D eigenvalue weighted by molar-refractivity contribution is 14.1. The first-order valence-electron chi connectivity index (χ1n) is 7.57. The first-order valence-corrected chi connectivity index (χ1v) is 8.81. The topological polar surface area (TPSA) is 18.5 Å². The van der Waals surface area contributed by atoms with Gasteiger partial charge in [0, 0.05) is 17.1 Å². The number of hydrogen-bond acceptors (Lipinski definition) is 2. The van der Waals surface area contributed by atoms with Crippen LogP contribution in [-0.2, 0) is 9.47 Å². The Labute approximate surface area is 127 Å². The molecule has 0 saturated heterocycles. The smallest absolute Gasteiger partial charge is 0.146 e. The lowest BCUT2D eigenvalue weighted by Crippen LogP contribution is -2.04. The van der Waals surface area contributed by atoms with Crippen molar-refractivity contribution in [3.05, 3.63) is 0 Å². The van der Waals surface area contributed by atoms with Crippen LogP contribution in [0.25, 0.3) is 0 Å². The molecule has 0 aliphatic rings. The molecule has 0 aromatic heterocycles. The van der Waals surface area contributed by atoms with Crippen molar-refractivity contribution in [1.82, 2.24) is 0 Å². The molecule has 2 nitrogen and oxygen atoms in total. The average molecular weight is 370 g/mol. The molecule has 0 N–H and O–H groups in total. The lowest BCUT2D eigenvalue weighted by molar-refractivity contribution is -0.0554. The minimum atomic E-state index is 0.478. The monoisotopic (exact) mass is 370 g/mol. The van der Waals surface area contributed by atoms with Crippen molar-refractivity contribution in [2.75, 3.05) is 20.0 Å². The Hall–Kier alpha value is 0.650. The van der Waals surface area contributed by atoms with E-state index in [0.717, 1.165) is 23.6 Å². The number of rotatable bonds is 14. The summed E-state index contributed by atoms with van der Waals surface area (Å²) in [5.41, 5.74) is 0. The number of unbranched alkanes of at least 4 members (excludes halogenated alkanes) is 6. The van der Waals surface area contributed by atoms with Crippen LogP contribution in [0.2, 0.25) is 0 Å². The van der Waals surface area contributed by atoms with Crippen LogP contribution in [-0.4, -0.2) is 23.9 Å². The summed E-state index contributed by atoms with van der Waals surface area (Å²) < 4.78 is 11.6. The highest BCUT2D eigenvalue weighted by Gasteiger charge is 1.95. The molecule has 0 aliphatic carbocycles. The van der Waals surface area contributed by atoms with E-state index in [1.807, 2.05) is 0 Å². The molecule has 0 bridgehead atoms. The highest BCUT2D eigenvalue weighted by atomic mass is 127. The van der Waals surface area contributed by atoms with Crippen molar-refractivity contribution in [3.63, 3.8) is 0 Å². The van der Waals surface area contributed by atoms with E-state index >= 15 is 0 Å². The Morgan fingerprint density at radius 1 is 0.833 bits per heavy atom. The molecule has 0 aliphatic heterocycles. The second-order valence-corrected chi connectivity index (χ2v) is 7.11.